The van der Waals surface area contributed by atoms with Crippen LogP contribution in [0.25, 0.3) is 0 Å². The number of hydrogen-bond donors (Lipinski definition) is 0. The summed E-state index contributed by atoms with van der Waals surface area (Å²) in [4.78, 5) is 14.9. The van der Waals surface area contributed by atoms with Gasteiger partial charge in [0, 0.05) is 11.6 Å². The van der Waals surface area contributed by atoms with Crippen molar-refractivity contribution in [3.8, 4) is 0 Å². The first-order valence-corrected chi connectivity index (χ1v) is 9.54. The molecule has 4 rings (SSSR count). The maximum atomic E-state index is 13.5. The van der Waals surface area contributed by atoms with Crippen molar-refractivity contribution in [2.75, 3.05) is 6.54 Å². The van der Waals surface area contributed by atoms with Gasteiger partial charge in [-0.05, 0) is 47.4 Å². The molecule has 29 heavy (non-hydrogen) atoms. The summed E-state index contributed by atoms with van der Waals surface area (Å²) in [6.07, 6.45) is -4.02. The van der Waals surface area contributed by atoms with Gasteiger partial charge in [0.1, 0.15) is 0 Å². The van der Waals surface area contributed by atoms with E-state index in [1.807, 2.05) is 36.4 Å². The molecule has 0 N–H and O–H groups in total. The summed E-state index contributed by atoms with van der Waals surface area (Å²) in [5.74, 6) is -0.632. The van der Waals surface area contributed by atoms with E-state index < -0.39 is 23.7 Å². The Morgan fingerprint density at radius 2 is 1.59 bits per heavy atom. The van der Waals surface area contributed by atoms with Crippen LogP contribution in [0.15, 0.2) is 72.8 Å². The normalized spacial score (nSPS) is 16.4. The number of carbonyl (C=O) groups is 1. The second-order valence-corrected chi connectivity index (χ2v) is 7.38. The predicted molar refractivity (Wildman–Crippen MR) is 106 cm³/mol. The lowest BCUT2D eigenvalue weighted by molar-refractivity contribution is -0.138. The third-order valence-corrected chi connectivity index (χ3v) is 5.44. The fourth-order valence-electron chi connectivity index (χ4n) is 3.86. The lowest BCUT2D eigenvalue weighted by Crippen LogP contribution is -2.41. The van der Waals surface area contributed by atoms with E-state index in [1.165, 1.54) is 23.1 Å². The second-order valence-electron chi connectivity index (χ2n) is 6.94. The van der Waals surface area contributed by atoms with Gasteiger partial charge in [0.25, 0.3) is 5.91 Å². The Bertz CT molecular complexity index is 1050. The molecule has 1 unspecified atom stereocenters. The van der Waals surface area contributed by atoms with Crippen LogP contribution in [-0.2, 0) is 12.6 Å². The van der Waals surface area contributed by atoms with Crippen LogP contribution in [0.5, 0.6) is 0 Å². The van der Waals surface area contributed by atoms with Crippen molar-refractivity contribution in [1.29, 1.82) is 0 Å². The molecule has 3 aromatic carbocycles. The predicted octanol–water partition coefficient (Wildman–Crippen LogP) is 6.15. The molecule has 1 aliphatic rings. The molecule has 0 aliphatic carbocycles. The van der Waals surface area contributed by atoms with Crippen molar-refractivity contribution >= 4 is 17.5 Å². The standard InChI is InChI=1S/C23H17ClF3NO/c24-17-11-9-16(10-12-17)21-18-6-2-1-5-15(18)13-14-28(21)22(29)19-7-3-4-8-20(19)23(25,26)27/h1-12,21H,13-14H2. The smallest absolute Gasteiger partial charge is 0.327 e. The molecule has 0 aromatic heterocycles. The zero-order chi connectivity index (χ0) is 20.6. The number of benzene rings is 3. The number of amides is 1. The van der Waals surface area contributed by atoms with Crippen molar-refractivity contribution < 1.29 is 18.0 Å². The van der Waals surface area contributed by atoms with Gasteiger partial charge in [-0.1, -0.05) is 60.1 Å². The quantitative estimate of drug-likeness (QED) is 0.491. The highest BCUT2D eigenvalue weighted by molar-refractivity contribution is 6.30. The van der Waals surface area contributed by atoms with Crippen LogP contribution in [0.4, 0.5) is 13.2 Å². The molecule has 6 heteroatoms. The zero-order valence-corrected chi connectivity index (χ0v) is 16.0. The topological polar surface area (TPSA) is 20.3 Å². The van der Waals surface area contributed by atoms with E-state index in [9.17, 15) is 18.0 Å². The van der Waals surface area contributed by atoms with Gasteiger partial charge in [-0.2, -0.15) is 13.2 Å². The summed E-state index contributed by atoms with van der Waals surface area (Å²) in [7, 11) is 0. The van der Waals surface area contributed by atoms with Crippen molar-refractivity contribution in [2.24, 2.45) is 0 Å². The van der Waals surface area contributed by atoms with Gasteiger partial charge >= 0.3 is 6.18 Å². The average Bonchev–Trinajstić information content (AvgIpc) is 2.72. The minimum Gasteiger partial charge on any atom is -0.327 e. The van der Waals surface area contributed by atoms with E-state index in [4.69, 9.17) is 11.6 Å². The van der Waals surface area contributed by atoms with E-state index in [0.29, 0.717) is 18.0 Å². The fraction of sp³-hybridized carbons (Fsp3) is 0.174. The van der Waals surface area contributed by atoms with Gasteiger partial charge in [0.2, 0.25) is 0 Å². The Balaban J connectivity index is 1.82. The third kappa shape index (κ3) is 3.75. The Morgan fingerprint density at radius 1 is 0.931 bits per heavy atom. The third-order valence-electron chi connectivity index (χ3n) is 5.19. The van der Waals surface area contributed by atoms with Gasteiger partial charge in [-0.25, -0.2) is 0 Å². The highest BCUT2D eigenvalue weighted by Gasteiger charge is 2.38. The number of hydrogen-bond acceptors (Lipinski definition) is 1. The van der Waals surface area contributed by atoms with Crippen LogP contribution in [0.2, 0.25) is 5.02 Å². The zero-order valence-electron chi connectivity index (χ0n) is 15.3. The lowest BCUT2D eigenvalue weighted by Gasteiger charge is -2.38. The monoisotopic (exact) mass is 415 g/mol. The fourth-order valence-corrected chi connectivity index (χ4v) is 3.99. The molecule has 3 aromatic rings. The van der Waals surface area contributed by atoms with Gasteiger partial charge < -0.3 is 4.90 Å². The van der Waals surface area contributed by atoms with Crippen LogP contribution >= 0.6 is 11.6 Å². The lowest BCUT2D eigenvalue weighted by atomic mass is 9.87. The van der Waals surface area contributed by atoms with Crippen LogP contribution < -0.4 is 0 Å². The number of fused-ring (bicyclic) bond motifs is 1. The van der Waals surface area contributed by atoms with E-state index in [2.05, 4.69) is 0 Å². The minimum absolute atomic E-state index is 0.329. The molecular weight excluding hydrogens is 399 g/mol. The van der Waals surface area contributed by atoms with E-state index in [1.54, 1.807) is 12.1 Å². The summed E-state index contributed by atoms with van der Waals surface area (Å²) in [5.41, 5.74) is 1.55. The van der Waals surface area contributed by atoms with Gasteiger partial charge in [0.15, 0.2) is 0 Å². The van der Waals surface area contributed by atoms with Crippen molar-refractivity contribution in [2.45, 2.75) is 18.6 Å². The molecule has 0 fully saturated rings. The summed E-state index contributed by atoms with van der Waals surface area (Å²) < 4.78 is 40.5. The van der Waals surface area contributed by atoms with Gasteiger partial charge in [-0.3, -0.25) is 4.79 Å². The molecule has 0 bridgehead atoms. The van der Waals surface area contributed by atoms with Gasteiger partial charge in [0.05, 0.1) is 17.2 Å². The molecule has 1 heterocycles. The molecule has 1 atom stereocenters. The molecule has 0 spiro atoms. The summed E-state index contributed by atoms with van der Waals surface area (Å²) in [6, 6.07) is 19.2. The number of rotatable bonds is 2. The first kappa shape index (κ1) is 19.5. The van der Waals surface area contributed by atoms with Crippen LogP contribution in [0, 0.1) is 0 Å². The Kier molecular flexibility index (Phi) is 5.09. The maximum Gasteiger partial charge on any atom is 0.417 e. The van der Waals surface area contributed by atoms with Crippen LogP contribution in [0.3, 0.4) is 0 Å². The molecule has 0 saturated carbocycles. The van der Waals surface area contributed by atoms with E-state index in [-0.39, 0.29) is 5.56 Å². The first-order chi connectivity index (χ1) is 13.9. The SMILES string of the molecule is O=C(c1ccccc1C(F)(F)F)N1CCc2ccccc2C1c1ccc(Cl)cc1. The van der Waals surface area contributed by atoms with Gasteiger partial charge in [-0.15, -0.1) is 0 Å². The highest BCUT2D eigenvalue weighted by atomic mass is 35.5. The summed E-state index contributed by atoms with van der Waals surface area (Å²) in [5, 5.41) is 0.554. The average molecular weight is 416 g/mol. The Hall–Kier alpha value is -2.79. The largest absolute Gasteiger partial charge is 0.417 e. The van der Waals surface area contributed by atoms with Crippen molar-refractivity contribution in [3.05, 3.63) is 106 Å². The van der Waals surface area contributed by atoms with E-state index >= 15 is 0 Å². The molecule has 148 valence electrons. The highest BCUT2D eigenvalue weighted by Crippen LogP contribution is 2.38. The first-order valence-electron chi connectivity index (χ1n) is 9.17. The molecule has 2 nitrogen and oxygen atoms in total. The number of carbonyl (C=O) groups excluding carboxylic acids is 1. The molecule has 1 aliphatic heterocycles. The molecular formula is C23H17ClF3NO. The molecule has 1 amide bonds. The molecule has 0 radical (unpaired) electrons. The molecule has 0 saturated heterocycles. The van der Waals surface area contributed by atoms with E-state index in [0.717, 1.165) is 22.8 Å². The van der Waals surface area contributed by atoms with Crippen molar-refractivity contribution in [1.82, 2.24) is 4.90 Å². The summed E-state index contributed by atoms with van der Waals surface area (Å²) >= 11 is 6.01. The summed E-state index contributed by atoms with van der Waals surface area (Å²) in [6.45, 7) is 0.329. The number of halogens is 4. The van der Waals surface area contributed by atoms with Crippen molar-refractivity contribution in [3.63, 3.8) is 0 Å². The second kappa shape index (κ2) is 7.56. The minimum atomic E-state index is -4.60. The number of nitrogens with zero attached hydrogens (tertiary/aromatic N) is 1. The van der Waals surface area contributed by atoms with Crippen LogP contribution in [0.1, 0.15) is 38.7 Å². The Morgan fingerprint density at radius 3 is 2.31 bits per heavy atom. The van der Waals surface area contributed by atoms with Crippen LogP contribution in [-0.4, -0.2) is 17.4 Å². The Labute approximate surface area is 171 Å². The maximum absolute atomic E-state index is 13.5. The number of alkyl halides is 3.